The number of benzene rings is 2. The second kappa shape index (κ2) is 6.48. The molecule has 6 heteroatoms. The van der Waals surface area contributed by atoms with Gasteiger partial charge in [-0.05, 0) is 36.4 Å². The van der Waals surface area contributed by atoms with Gasteiger partial charge >= 0.3 is 0 Å². The van der Waals surface area contributed by atoms with Crippen molar-refractivity contribution in [2.24, 2.45) is 0 Å². The molecule has 2 aromatic heterocycles. The lowest BCUT2D eigenvalue weighted by atomic mass is 10.1. The first-order valence-corrected chi connectivity index (χ1v) is 7.85. The second-order valence-corrected chi connectivity index (χ2v) is 5.62. The van der Waals surface area contributed by atoms with Gasteiger partial charge in [0.15, 0.2) is 0 Å². The van der Waals surface area contributed by atoms with Crippen molar-refractivity contribution in [3.05, 3.63) is 84.4 Å². The Balaban J connectivity index is 1.99. The zero-order valence-electron chi connectivity index (χ0n) is 13.4. The van der Waals surface area contributed by atoms with Crippen molar-refractivity contribution in [2.45, 2.75) is 0 Å². The number of hydrogen-bond acceptors (Lipinski definition) is 2. The van der Waals surface area contributed by atoms with Crippen molar-refractivity contribution in [3.8, 4) is 33.9 Å². The third-order valence-corrected chi connectivity index (χ3v) is 4.00. The minimum Gasteiger partial charge on any atom is -0.337 e. The third-order valence-electron chi connectivity index (χ3n) is 4.00. The Labute approximate surface area is 147 Å². The van der Waals surface area contributed by atoms with Gasteiger partial charge in [0.1, 0.15) is 23.3 Å². The molecule has 0 aliphatic rings. The van der Waals surface area contributed by atoms with Gasteiger partial charge in [0, 0.05) is 23.5 Å². The van der Waals surface area contributed by atoms with Crippen molar-refractivity contribution >= 4 is 0 Å². The normalized spacial score (nSPS) is 10.9. The first-order chi connectivity index (χ1) is 12.6. The smallest absolute Gasteiger partial charge is 0.144 e. The van der Waals surface area contributed by atoms with Gasteiger partial charge in [-0.1, -0.05) is 18.2 Å². The predicted octanol–water partition coefficient (Wildman–Crippen LogP) is 5.22. The SMILES string of the molecule is Fc1ccccc1-c1[nH]c(-c2c(F)cccc2F)nc1-c1ccncc1. The van der Waals surface area contributed by atoms with Crippen molar-refractivity contribution in [1.29, 1.82) is 0 Å². The molecular weight excluding hydrogens is 339 g/mol. The molecule has 2 heterocycles. The van der Waals surface area contributed by atoms with E-state index < -0.39 is 17.5 Å². The molecule has 4 aromatic rings. The Morgan fingerprint density at radius 3 is 2.08 bits per heavy atom. The van der Waals surface area contributed by atoms with Crippen molar-refractivity contribution in [1.82, 2.24) is 15.0 Å². The molecule has 4 rings (SSSR count). The van der Waals surface area contributed by atoms with Gasteiger partial charge in [0.05, 0.1) is 17.0 Å². The fraction of sp³-hybridized carbons (Fsp3) is 0. The van der Waals surface area contributed by atoms with Gasteiger partial charge < -0.3 is 4.98 Å². The van der Waals surface area contributed by atoms with E-state index in [1.807, 2.05) is 0 Å². The van der Waals surface area contributed by atoms with Crippen LogP contribution in [0.5, 0.6) is 0 Å². The number of aromatic amines is 1. The zero-order valence-corrected chi connectivity index (χ0v) is 13.4. The molecule has 0 aliphatic carbocycles. The first-order valence-electron chi connectivity index (χ1n) is 7.85. The van der Waals surface area contributed by atoms with E-state index in [1.165, 1.54) is 12.1 Å². The highest BCUT2D eigenvalue weighted by molar-refractivity contribution is 5.81. The van der Waals surface area contributed by atoms with Crippen LogP contribution in [0.2, 0.25) is 0 Å². The number of nitrogens with one attached hydrogen (secondary N) is 1. The van der Waals surface area contributed by atoms with Crippen LogP contribution in [0, 0.1) is 17.5 Å². The monoisotopic (exact) mass is 351 g/mol. The molecule has 0 radical (unpaired) electrons. The number of aromatic nitrogens is 3. The number of pyridine rings is 1. The fourth-order valence-electron chi connectivity index (χ4n) is 2.79. The summed E-state index contributed by atoms with van der Waals surface area (Å²) in [6.45, 7) is 0. The summed E-state index contributed by atoms with van der Waals surface area (Å²) in [5.74, 6) is -1.97. The minimum absolute atomic E-state index is 0.00864. The summed E-state index contributed by atoms with van der Waals surface area (Å²) in [5.41, 5.74) is 1.35. The minimum atomic E-state index is -0.750. The average Bonchev–Trinajstić information content (AvgIpc) is 3.07. The number of hydrogen-bond donors (Lipinski definition) is 1. The summed E-state index contributed by atoms with van der Waals surface area (Å²) in [4.78, 5) is 11.2. The predicted molar refractivity (Wildman–Crippen MR) is 92.6 cm³/mol. The molecule has 1 N–H and O–H groups in total. The Hall–Kier alpha value is -3.41. The highest BCUT2D eigenvalue weighted by Gasteiger charge is 2.21. The van der Waals surface area contributed by atoms with E-state index in [-0.39, 0.29) is 17.0 Å². The summed E-state index contributed by atoms with van der Waals surface area (Å²) in [6.07, 6.45) is 3.14. The fourth-order valence-corrected chi connectivity index (χ4v) is 2.79. The molecule has 3 nitrogen and oxygen atoms in total. The van der Waals surface area contributed by atoms with E-state index in [0.29, 0.717) is 17.0 Å². The van der Waals surface area contributed by atoms with E-state index in [1.54, 1.807) is 42.7 Å². The maximum atomic E-state index is 14.3. The van der Waals surface area contributed by atoms with E-state index >= 15 is 0 Å². The van der Waals surface area contributed by atoms with E-state index in [4.69, 9.17) is 0 Å². The second-order valence-electron chi connectivity index (χ2n) is 5.62. The molecule has 0 fully saturated rings. The lowest BCUT2D eigenvalue weighted by molar-refractivity contribution is 0.588. The van der Waals surface area contributed by atoms with Crippen LogP contribution in [0.15, 0.2) is 67.0 Å². The molecule has 2 aromatic carbocycles. The zero-order chi connectivity index (χ0) is 18.1. The average molecular weight is 351 g/mol. The molecule has 0 saturated carbocycles. The van der Waals surface area contributed by atoms with Gasteiger partial charge in [-0.25, -0.2) is 18.2 Å². The lowest BCUT2D eigenvalue weighted by Crippen LogP contribution is -1.91. The summed E-state index contributed by atoms with van der Waals surface area (Å²) < 4.78 is 42.7. The molecule has 0 atom stereocenters. The number of H-pyrrole nitrogens is 1. The summed E-state index contributed by atoms with van der Waals surface area (Å²) in [7, 11) is 0. The van der Waals surface area contributed by atoms with E-state index in [0.717, 1.165) is 12.1 Å². The van der Waals surface area contributed by atoms with Gasteiger partial charge in [-0.2, -0.15) is 0 Å². The summed E-state index contributed by atoms with van der Waals surface area (Å²) in [5, 5.41) is 0. The number of nitrogens with zero attached hydrogens (tertiary/aromatic N) is 2. The van der Waals surface area contributed by atoms with E-state index in [2.05, 4.69) is 15.0 Å². The maximum Gasteiger partial charge on any atom is 0.144 e. The quantitative estimate of drug-likeness (QED) is 0.550. The Morgan fingerprint density at radius 1 is 0.731 bits per heavy atom. The van der Waals surface area contributed by atoms with Crippen LogP contribution in [0.25, 0.3) is 33.9 Å². The van der Waals surface area contributed by atoms with Crippen LogP contribution in [-0.4, -0.2) is 15.0 Å². The number of halogens is 3. The molecule has 0 unspecified atom stereocenters. The molecule has 0 saturated heterocycles. The van der Waals surface area contributed by atoms with Gasteiger partial charge in [0.2, 0.25) is 0 Å². The Kier molecular flexibility index (Phi) is 4.01. The lowest BCUT2D eigenvalue weighted by Gasteiger charge is -2.04. The van der Waals surface area contributed by atoms with Crippen LogP contribution in [-0.2, 0) is 0 Å². The highest BCUT2D eigenvalue weighted by Crippen LogP contribution is 2.35. The van der Waals surface area contributed by atoms with Crippen molar-refractivity contribution < 1.29 is 13.2 Å². The molecular formula is C20H12F3N3. The van der Waals surface area contributed by atoms with Crippen LogP contribution < -0.4 is 0 Å². The molecule has 0 aliphatic heterocycles. The molecule has 0 amide bonds. The Bertz CT molecular complexity index is 1050. The van der Waals surface area contributed by atoms with Crippen LogP contribution in [0.3, 0.4) is 0 Å². The molecule has 128 valence electrons. The Morgan fingerprint density at radius 2 is 1.38 bits per heavy atom. The molecule has 0 spiro atoms. The van der Waals surface area contributed by atoms with Crippen LogP contribution in [0.4, 0.5) is 13.2 Å². The van der Waals surface area contributed by atoms with Crippen molar-refractivity contribution in [3.63, 3.8) is 0 Å². The first kappa shape index (κ1) is 16.1. The van der Waals surface area contributed by atoms with E-state index in [9.17, 15) is 13.2 Å². The summed E-state index contributed by atoms with van der Waals surface area (Å²) in [6, 6.07) is 13.1. The number of rotatable bonds is 3. The molecule has 26 heavy (non-hydrogen) atoms. The highest BCUT2D eigenvalue weighted by atomic mass is 19.1. The largest absolute Gasteiger partial charge is 0.337 e. The summed E-state index contributed by atoms with van der Waals surface area (Å²) >= 11 is 0. The standard InChI is InChI=1S/C20H12F3N3/c21-14-5-2-1-4-13(14)19-18(12-8-10-24-11-9-12)25-20(26-19)17-15(22)6-3-7-16(17)23/h1-11H,(H,25,26). The number of imidazole rings is 1. The topological polar surface area (TPSA) is 41.6 Å². The van der Waals surface area contributed by atoms with Gasteiger partial charge in [-0.3, -0.25) is 4.98 Å². The van der Waals surface area contributed by atoms with Gasteiger partial charge in [-0.15, -0.1) is 0 Å². The van der Waals surface area contributed by atoms with Crippen LogP contribution in [0.1, 0.15) is 0 Å². The third kappa shape index (κ3) is 2.75. The van der Waals surface area contributed by atoms with Crippen LogP contribution >= 0.6 is 0 Å². The molecule has 0 bridgehead atoms. The van der Waals surface area contributed by atoms with Gasteiger partial charge in [0.25, 0.3) is 0 Å². The van der Waals surface area contributed by atoms with Crippen molar-refractivity contribution in [2.75, 3.05) is 0 Å². The maximum absolute atomic E-state index is 14.3.